The van der Waals surface area contributed by atoms with E-state index in [0.717, 1.165) is 17.6 Å². The van der Waals surface area contributed by atoms with Crippen molar-refractivity contribution >= 4 is 0 Å². The molecule has 24 heavy (non-hydrogen) atoms. The number of hydrogen-bond acceptors (Lipinski definition) is 4. The zero-order valence-electron chi connectivity index (χ0n) is 14.0. The summed E-state index contributed by atoms with van der Waals surface area (Å²) in [5.41, 5.74) is 10.7. The lowest BCUT2D eigenvalue weighted by atomic mass is 9.82. The number of aliphatic hydroxyl groups excluding tert-OH is 1. The number of rotatable bonds is 11. The van der Waals surface area contributed by atoms with Crippen molar-refractivity contribution < 1.29 is 14.6 Å². The van der Waals surface area contributed by atoms with E-state index in [1.165, 1.54) is 0 Å². The van der Waals surface area contributed by atoms with Crippen molar-refractivity contribution in [3.63, 3.8) is 0 Å². The fourth-order valence-corrected chi connectivity index (χ4v) is 3.04. The Morgan fingerprint density at radius 2 is 2.21 bits per heavy atom. The van der Waals surface area contributed by atoms with E-state index in [-0.39, 0.29) is 30.7 Å². The highest BCUT2D eigenvalue weighted by Crippen LogP contribution is 2.38. The molecule has 0 aromatic heterocycles. The summed E-state index contributed by atoms with van der Waals surface area (Å²) >= 11 is 0. The second-order valence-electron chi connectivity index (χ2n) is 6.18. The summed E-state index contributed by atoms with van der Waals surface area (Å²) in [7, 11) is 0. The van der Waals surface area contributed by atoms with Gasteiger partial charge in [0, 0.05) is 18.1 Å². The summed E-state index contributed by atoms with van der Waals surface area (Å²) in [6, 6.07) is 10.0. The number of ether oxygens (including phenoxy) is 2. The number of aliphatic hydroxyl groups is 1. The van der Waals surface area contributed by atoms with Crippen LogP contribution < -0.4 is 0 Å². The summed E-state index contributed by atoms with van der Waals surface area (Å²) in [5.74, 6) is 0.156. The van der Waals surface area contributed by atoms with Crippen molar-refractivity contribution in [2.24, 2.45) is 17.0 Å². The lowest BCUT2D eigenvalue weighted by Gasteiger charge is -2.25. The molecule has 130 valence electrons. The van der Waals surface area contributed by atoms with Crippen LogP contribution in [0.3, 0.4) is 0 Å². The highest BCUT2D eigenvalue weighted by molar-refractivity contribution is 5.13. The van der Waals surface area contributed by atoms with Crippen LogP contribution >= 0.6 is 0 Å². The summed E-state index contributed by atoms with van der Waals surface area (Å²) in [6.07, 6.45) is 0.620. The van der Waals surface area contributed by atoms with Crippen LogP contribution in [0.15, 0.2) is 47.6 Å². The van der Waals surface area contributed by atoms with Crippen molar-refractivity contribution in [2.75, 3.05) is 19.8 Å². The van der Waals surface area contributed by atoms with Crippen LogP contribution in [0.5, 0.6) is 0 Å². The first-order valence-electron chi connectivity index (χ1n) is 8.21. The van der Waals surface area contributed by atoms with E-state index in [1.807, 2.05) is 37.3 Å². The van der Waals surface area contributed by atoms with Gasteiger partial charge in [-0.05, 0) is 36.3 Å². The molecule has 4 atom stereocenters. The normalized spacial score (nSPS) is 21.6. The standard InChI is InChI=1S/C18H25N3O3/c1-13(2)16(10-20-21-19)15(18-17(11-22)24-18)8-9-23-12-14-6-4-3-5-7-14/h3-7,15-18,22H,1,8-12H2,2H3/t15-,16+,17+,18+/m0/s1. The largest absolute Gasteiger partial charge is 0.394 e. The predicted molar refractivity (Wildman–Crippen MR) is 92.3 cm³/mol. The van der Waals surface area contributed by atoms with E-state index in [9.17, 15) is 5.11 Å². The molecule has 1 aromatic rings. The van der Waals surface area contributed by atoms with Crippen molar-refractivity contribution in [2.45, 2.75) is 32.2 Å². The molecule has 1 saturated heterocycles. The smallest absolute Gasteiger partial charge is 0.107 e. The molecule has 1 fully saturated rings. The predicted octanol–water partition coefficient (Wildman–Crippen LogP) is 3.47. The first-order chi connectivity index (χ1) is 11.7. The van der Waals surface area contributed by atoms with E-state index in [0.29, 0.717) is 19.8 Å². The zero-order chi connectivity index (χ0) is 17.4. The molecule has 1 heterocycles. The maximum Gasteiger partial charge on any atom is 0.107 e. The molecule has 0 saturated carbocycles. The molecule has 0 bridgehead atoms. The maximum absolute atomic E-state index is 9.28. The van der Waals surface area contributed by atoms with E-state index in [4.69, 9.17) is 15.0 Å². The second kappa shape index (κ2) is 9.45. The third-order valence-electron chi connectivity index (χ3n) is 4.42. The average Bonchev–Trinajstić information content (AvgIpc) is 3.37. The maximum atomic E-state index is 9.28. The summed E-state index contributed by atoms with van der Waals surface area (Å²) in [5, 5.41) is 13.0. The van der Waals surface area contributed by atoms with Crippen molar-refractivity contribution in [3.8, 4) is 0 Å². The summed E-state index contributed by atoms with van der Waals surface area (Å²) in [4.78, 5) is 2.86. The highest BCUT2D eigenvalue weighted by atomic mass is 16.6. The van der Waals surface area contributed by atoms with Crippen LogP contribution in [0, 0.1) is 11.8 Å². The third-order valence-corrected chi connectivity index (χ3v) is 4.42. The van der Waals surface area contributed by atoms with Gasteiger partial charge in [-0.15, -0.1) is 0 Å². The monoisotopic (exact) mass is 331 g/mol. The summed E-state index contributed by atoms with van der Waals surface area (Å²) in [6.45, 7) is 7.47. The van der Waals surface area contributed by atoms with Crippen LogP contribution in [0.1, 0.15) is 18.9 Å². The first-order valence-corrected chi connectivity index (χ1v) is 8.21. The summed E-state index contributed by atoms with van der Waals surface area (Å²) < 4.78 is 11.4. The molecule has 1 aromatic carbocycles. The Bertz CT molecular complexity index is 572. The number of hydrogen-bond donors (Lipinski definition) is 1. The van der Waals surface area contributed by atoms with Gasteiger partial charge in [0.1, 0.15) is 6.10 Å². The zero-order valence-corrected chi connectivity index (χ0v) is 14.0. The molecule has 0 amide bonds. The fraction of sp³-hybridized carbons (Fsp3) is 0.556. The van der Waals surface area contributed by atoms with E-state index >= 15 is 0 Å². The first kappa shape index (κ1) is 18.5. The van der Waals surface area contributed by atoms with Gasteiger partial charge in [0.2, 0.25) is 0 Å². The fourth-order valence-electron chi connectivity index (χ4n) is 3.04. The number of nitrogens with zero attached hydrogens (tertiary/aromatic N) is 3. The van der Waals surface area contributed by atoms with Gasteiger partial charge in [0.05, 0.1) is 19.3 Å². The van der Waals surface area contributed by atoms with Gasteiger partial charge >= 0.3 is 0 Å². The van der Waals surface area contributed by atoms with Gasteiger partial charge in [-0.2, -0.15) is 0 Å². The number of benzene rings is 1. The minimum absolute atomic E-state index is 0.0104. The molecule has 1 aliphatic heterocycles. The van der Waals surface area contributed by atoms with Crippen LogP contribution in [-0.2, 0) is 16.1 Å². The highest BCUT2D eigenvalue weighted by Gasteiger charge is 2.46. The SMILES string of the molecule is C=C(C)[C@@H](CN=[N+]=[N-])[C@H](CCOCc1ccccc1)[C@H]1O[C@@H]1CO. The topological polar surface area (TPSA) is 90.8 Å². The molecular formula is C18H25N3O3. The van der Waals surface area contributed by atoms with Crippen molar-refractivity contribution in [1.82, 2.24) is 0 Å². The second-order valence-corrected chi connectivity index (χ2v) is 6.18. The molecule has 1 aliphatic rings. The minimum atomic E-state index is -0.128. The quantitative estimate of drug-likeness (QED) is 0.168. The molecule has 1 N–H and O–H groups in total. The lowest BCUT2D eigenvalue weighted by molar-refractivity contribution is 0.0950. The Morgan fingerprint density at radius 1 is 1.46 bits per heavy atom. The number of epoxide rings is 1. The molecule has 6 nitrogen and oxygen atoms in total. The molecule has 2 rings (SSSR count). The minimum Gasteiger partial charge on any atom is -0.394 e. The van der Waals surface area contributed by atoms with Gasteiger partial charge in [0.25, 0.3) is 0 Å². The van der Waals surface area contributed by atoms with Crippen molar-refractivity contribution in [3.05, 3.63) is 58.5 Å². The van der Waals surface area contributed by atoms with Crippen LogP contribution in [-0.4, -0.2) is 37.1 Å². The lowest BCUT2D eigenvalue weighted by Crippen LogP contribution is -2.27. The molecular weight excluding hydrogens is 306 g/mol. The van der Waals surface area contributed by atoms with Gasteiger partial charge < -0.3 is 14.6 Å². The van der Waals surface area contributed by atoms with Crippen LogP contribution in [0.25, 0.3) is 10.4 Å². The molecule has 6 heteroatoms. The molecule has 0 radical (unpaired) electrons. The average molecular weight is 331 g/mol. The van der Waals surface area contributed by atoms with Crippen LogP contribution in [0.2, 0.25) is 0 Å². The van der Waals surface area contributed by atoms with E-state index in [2.05, 4.69) is 16.6 Å². The van der Waals surface area contributed by atoms with Crippen molar-refractivity contribution in [1.29, 1.82) is 0 Å². The van der Waals surface area contributed by atoms with Crippen LogP contribution in [0.4, 0.5) is 0 Å². The van der Waals surface area contributed by atoms with Gasteiger partial charge in [0.15, 0.2) is 0 Å². The Hall–Kier alpha value is -1.85. The Morgan fingerprint density at radius 3 is 2.79 bits per heavy atom. The van der Waals surface area contributed by atoms with E-state index < -0.39 is 0 Å². The molecule has 0 unspecified atom stereocenters. The Balaban J connectivity index is 1.90. The van der Waals surface area contributed by atoms with E-state index in [1.54, 1.807) is 0 Å². The number of azide groups is 1. The van der Waals surface area contributed by atoms with Gasteiger partial charge in [-0.25, -0.2) is 0 Å². The van der Waals surface area contributed by atoms with Gasteiger partial charge in [-0.1, -0.05) is 47.6 Å². The Kier molecular flexibility index (Phi) is 7.28. The molecule has 0 aliphatic carbocycles. The molecule has 0 spiro atoms. The van der Waals surface area contributed by atoms with Gasteiger partial charge in [-0.3, -0.25) is 0 Å². The third kappa shape index (κ3) is 5.35. The Labute approximate surface area is 142 Å².